The van der Waals surface area contributed by atoms with Crippen LogP contribution in [0.3, 0.4) is 0 Å². The van der Waals surface area contributed by atoms with Crippen molar-refractivity contribution < 1.29 is 19.1 Å². The van der Waals surface area contributed by atoms with Crippen LogP contribution in [0.1, 0.15) is 12.5 Å². The fraction of sp³-hybridized carbons (Fsp3) is 0.286. The van der Waals surface area contributed by atoms with Gasteiger partial charge >= 0.3 is 12.1 Å². The molecular formula is C14H17NO4. The highest BCUT2D eigenvalue weighted by molar-refractivity contribution is 5.84. The largest absolute Gasteiger partial charge is 0.462 e. The second-order valence-corrected chi connectivity index (χ2v) is 3.86. The van der Waals surface area contributed by atoms with E-state index in [1.165, 1.54) is 6.92 Å². The van der Waals surface area contributed by atoms with E-state index in [2.05, 4.69) is 10.1 Å². The summed E-state index contributed by atoms with van der Waals surface area (Å²) in [5.41, 5.74) is 1.80. The number of esters is 1. The minimum atomic E-state index is -0.527. The zero-order chi connectivity index (χ0) is 14.1. The maximum absolute atomic E-state index is 11.4. The Morgan fingerprint density at radius 3 is 2.26 bits per heavy atom. The first-order valence-corrected chi connectivity index (χ1v) is 5.87. The van der Waals surface area contributed by atoms with E-state index >= 15 is 0 Å². The summed E-state index contributed by atoms with van der Waals surface area (Å²) in [6.45, 7) is 3.60. The minimum absolute atomic E-state index is 0.124. The molecule has 0 fully saturated rings. The maximum Gasteiger partial charge on any atom is 0.411 e. The third-order valence-corrected chi connectivity index (χ3v) is 2.16. The number of anilines is 1. The van der Waals surface area contributed by atoms with Crippen LogP contribution in [0.2, 0.25) is 0 Å². The van der Waals surface area contributed by atoms with Gasteiger partial charge in [-0.05, 0) is 31.2 Å². The van der Waals surface area contributed by atoms with Crippen LogP contribution >= 0.6 is 0 Å². The first kappa shape index (κ1) is 14.8. The number of benzene rings is 1. The Hall–Kier alpha value is -2.30. The molecule has 1 N–H and O–H groups in total. The molecule has 0 bridgehead atoms. The highest BCUT2D eigenvalue weighted by Gasteiger charge is 2.00. The number of amides is 1. The number of carbonyl (C=O) groups is 2. The predicted molar refractivity (Wildman–Crippen MR) is 71.9 cm³/mol. The molecular weight excluding hydrogens is 246 g/mol. The lowest BCUT2D eigenvalue weighted by atomic mass is 10.2. The molecule has 0 unspecified atom stereocenters. The fourth-order valence-electron chi connectivity index (χ4n) is 1.22. The van der Waals surface area contributed by atoms with E-state index in [0.717, 1.165) is 5.56 Å². The smallest absolute Gasteiger partial charge is 0.411 e. The van der Waals surface area contributed by atoms with Crippen LogP contribution < -0.4 is 5.32 Å². The molecule has 1 amide bonds. The van der Waals surface area contributed by atoms with Crippen molar-refractivity contribution in [2.24, 2.45) is 0 Å². The number of rotatable bonds is 5. The van der Waals surface area contributed by atoms with Crippen molar-refractivity contribution in [1.82, 2.24) is 0 Å². The second kappa shape index (κ2) is 7.92. The third-order valence-electron chi connectivity index (χ3n) is 2.16. The summed E-state index contributed by atoms with van der Waals surface area (Å²) in [5, 5.41) is 2.60. The van der Waals surface area contributed by atoms with Gasteiger partial charge in [0.05, 0.1) is 0 Å². The third kappa shape index (κ3) is 6.88. The van der Waals surface area contributed by atoms with E-state index in [4.69, 9.17) is 4.74 Å². The monoisotopic (exact) mass is 263 g/mol. The van der Waals surface area contributed by atoms with Crippen molar-refractivity contribution >= 4 is 17.7 Å². The van der Waals surface area contributed by atoms with Crippen molar-refractivity contribution in [2.75, 3.05) is 18.5 Å². The molecule has 1 aromatic rings. The zero-order valence-corrected chi connectivity index (χ0v) is 11.0. The van der Waals surface area contributed by atoms with Crippen LogP contribution in [0.25, 0.3) is 0 Å². The second-order valence-electron chi connectivity index (χ2n) is 3.86. The molecule has 102 valence electrons. The van der Waals surface area contributed by atoms with Gasteiger partial charge in [0.1, 0.15) is 13.2 Å². The molecule has 0 aromatic heterocycles. The van der Waals surface area contributed by atoms with E-state index in [0.29, 0.717) is 5.69 Å². The molecule has 0 saturated heterocycles. The molecule has 0 radical (unpaired) electrons. The van der Waals surface area contributed by atoms with Crippen molar-refractivity contribution in [2.45, 2.75) is 13.8 Å². The van der Waals surface area contributed by atoms with E-state index in [9.17, 15) is 9.59 Å². The van der Waals surface area contributed by atoms with Gasteiger partial charge < -0.3 is 9.47 Å². The average molecular weight is 263 g/mol. The van der Waals surface area contributed by atoms with E-state index in [-0.39, 0.29) is 19.2 Å². The van der Waals surface area contributed by atoms with Crippen LogP contribution in [0.15, 0.2) is 36.4 Å². The van der Waals surface area contributed by atoms with Gasteiger partial charge in [-0.15, -0.1) is 0 Å². The molecule has 19 heavy (non-hydrogen) atoms. The summed E-state index contributed by atoms with van der Waals surface area (Å²) in [7, 11) is 0. The predicted octanol–water partition coefficient (Wildman–Crippen LogP) is 2.66. The Morgan fingerprint density at radius 1 is 1.11 bits per heavy atom. The number of hydrogen-bond donors (Lipinski definition) is 1. The fourth-order valence-corrected chi connectivity index (χ4v) is 1.22. The van der Waals surface area contributed by atoms with E-state index < -0.39 is 6.09 Å². The molecule has 0 heterocycles. The Kier molecular flexibility index (Phi) is 6.15. The number of aryl methyl sites for hydroxylation is 1. The summed E-state index contributed by atoms with van der Waals surface area (Å²) >= 11 is 0. The van der Waals surface area contributed by atoms with Crippen molar-refractivity contribution in [3.63, 3.8) is 0 Å². The van der Waals surface area contributed by atoms with Gasteiger partial charge in [0, 0.05) is 12.6 Å². The molecule has 5 heteroatoms. The lowest BCUT2D eigenvalue weighted by Gasteiger charge is -2.05. The van der Waals surface area contributed by atoms with Gasteiger partial charge in [0.15, 0.2) is 0 Å². The first-order chi connectivity index (χ1) is 9.08. The van der Waals surface area contributed by atoms with Gasteiger partial charge in [-0.3, -0.25) is 10.1 Å². The molecule has 0 aliphatic carbocycles. The quantitative estimate of drug-likeness (QED) is 0.655. The highest BCUT2D eigenvalue weighted by Crippen LogP contribution is 2.08. The number of ether oxygens (including phenoxy) is 2. The summed E-state index contributed by atoms with van der Waals surface area (Å²) in [5.74, 6) is -0.345. The van der Waals surface area contributed by atoms with Crippen LogP contribution in [0, 0.1) is 6.92 Å². The maximum atomic E-state index is 11.4. The lowest BCUT2D eigenvalue weighted by molar-refractivity contribution is -0.139. The molecule has 0 saturated carbocycles. The molecule has 0 aliphatic heterocycles. The molecule has 5 nitrogen and oxygen atoms in total. The molecule has 1 rings (SSSR count). The topological polar surface area (TPSA) is 64.6 Å². The summed E-state index contributed by atoms with van der Waals surface area (Å²) in [4.78, 5) is 21.8. The zero-order valence-electron chi connectivity index (χ0n) is 11.0. The summed E-state index contributed by atoms with van der Waals surface area (Å²) in [6.07, 6.45) is 2.69. The SMILES string of the molecule is CC(=O)OC/C=C/COC(=O)Nc1ccc(C)cc1. The number of carbonyl (C=O) groups excluding carboxylic acids is 2. The van der Waals surface area contributed by atoms with Crippen LogP contribution in [-0.4, -0.2) is 25.3 Å². The van der Waals surface area contributed by atoms with E-state index in [1.807, 2.05) is 19.1 Å². The Balaban J connectivity index is 2.21. The van der Waals surface area contributed by atoms with Crippen LogP contribution in [0.5, 0.6) is 0 Å². The highest BCUT2D eigenvalue weighted by atomic mass is 16.5. The minimum Gasteiger partial charge on any atom is -0.462 e. The van der Waals surface area contributed by atoms with Crippen molar-refractivity contribution in [1.29, 1.82) is 0 Å². The van der Waals surface area contributed by atoms with Gasteiger partial charge in [-0.2, -0.15) is 0 Å². The Bertz CT molecular complexity index is 451. The molecule has 0 atom stereocenters. The first-order valence-electron chi connectivity index (χ1n) is 5.87. The standard InChI is InChI=1S/C14H17NO4/c1-11-5-7-13(8-6-11)15-14(17)19-10-4-3-9-18-12(2)16/h3-8H,9-10H2,1-2H3,(H,15,17)/b4-3+. The van der Waals surface area contributed by atoms with E-state index in [1.54, 1.807) is 24.3 Å². The Morgan fingerprint density at radius 2 is 1.68 bits per heavy atom. The Labute approximate surface area is 112 Å². The van der Waals surface area contributed by atoms with Crippen molar-refractivity contribution in [3.05, 3.63) is 42.0 Å². The summed E-state index contributed by atoms with van der Waals surface area (Å²) in [6, 6.07) is 7.39. The lowest BCUT2D eigenvalue weighted by Crippen LogP contribution is -2.13. The van der Waals surface area contributed by atoms with Gasteiger partial charge in [0.2, 0.25) is 0 Å². The summed E-state index contributed by atoms with van der Waals surface area (Å²) < 4.78 is 9.58. The average Bonchev–Trinajstić information content (AvgIpc) is 2.36. The number of hydrogen-bond acceptors (Lipinski definition) is 4. The van der Waals surface area contributed by atoms with Crippen LogP contribution in [0.4, 0.5) is 10.5 Å². The van der Waals surface area contributed by atoms with Crippen molar-refractivity contribution in [3.8, 4) is 0 Å². The molecule has 1 aromatic carbocycles. The normalized spacial score (nSPS) is 10.2. The van der Waals surface area contributed by atoms with Crippen LogP contribution in [-0.2, 0) is 14.3 Å². The molecule has 0 aliphatic rings. The van der Waals surface area contributed by atoms with Gasteiger partial charge in [-0.1, -0.05) is 17.7 Å². The number of nitrogens with one attached hydrogen (secondary N) is 1. The molecule has 0 spiro atoms. The van der Waals surface area contributed by atoms with Gasteiger partial charge in [0.25, 0.3) is 0 Å². The van der Waals surface area contributed by atoms with Gasteiger partial charge in [-0.25, -0.2) is 4.79 Å².